The molecule has 0 aliphatic rings. The summed E-state index contributed by atoms with van der Waals surface area (Å²) in [6.45, 7) is 4.01. The normalized spacial score (nSPS) is 10.6. The van der Waals surface area contributed by atoms with Gasteiger partial charge >= 0.3 is 5.97 Å². The molecule has 0 spiro atoms. The molecule has 0 aromatic heterocycles. The number of benzene rings is 4. The van der Waals surface area contributed by atoms with Crippen molar-refractivity contribution in [3.8, 4) is 22.6 Å². The second-order valence-corrected chi connectivity index (χ2v) is 7.34. The predicted molar refractivity (Wildman–Crippen MR) is 127 cm³/mol. The van der Waals surface area contributed by atoms with Gasteiger partial charge in [0.25, 0.3) is 0 Å². The van der Waals surface area contributed by atoms with E-state index in [2.05, 4.69) is 6.58 Å². The first kappa shape index (κ1) is 21.0. The van der Waals surface area contributed by atoms with Crippen LogP contribution in [0.2, 0.25) is 0 Å². The fourth-order valence-electron chi connectivity index (χ4n) is 3.45. The number of nitrogens with two attached hydrogens (primary N) is 1. The van der Waals surface area contributed by atoms with E-state index in [9.17, 15) is 9.90 Å². The minimum atomic E-state index is -0.398. The van der Waals surface area contributed by atoms with Gasteiger partial charge in [0.2, 0.25) is 0 Å². The quantitative estimate of drug-likeness (QED) is 0.225. The van der Waals surface area contributed by atoms with Gasteiger partial charge in [0.1, 0.15) is 24.7 Å². The van der Waals surface area contributed by atoms with Gasteiger partial charge in [-0.1, -0.05) is 49.1 Å². The van der Waals surface area contributed by atoms with E-state index in [0.29, 0.717) is 23.6 Å². The van der Waals surface area contributed by atoms with Crippen molar-refractivity contribution in [3.05, 3.63) is 103 Å². The molecule has 0 unspecified atom stereocenters. The van der Waals surface area contributed by atoms with Gasteiger partial charge in [0, 0.05) is 16.6 Å². The highest BCUT2D eigenvalue weighted by Gasteiger charge is 2.10. The maximum Gasteiger partial charge on any atom is 0.338 e. The molecule has 0 aliphatic carbocycles. The number of carbonyl (C=O) groups excluding carboxylic acids is 1. The molecule has 0 bridgehead atoms. The van der Waals surface area contributed by atoms with Crippen molar-refractivity contribution in [2.45, 2.75) is 6.61 Å². The highest BCUT2D eigenvalue weighted by molar-refractivity contribution is 5.95. The molecule has 4 rings (SSSR count). The first-order chi connectivity index (χ1) is 15.5. The van der Waals surface area contributed by atoms with Crippen LogP contribution in [0.15, 0.2) is 91.5 Å². The Hall–Kier alpha value is -4.25. The first-order valence-corrected chi connectivity index (χ1v) is 10.2. The molecule has 0 fully saturated rings. The molecule has 0 atom stereocenters. The predicted octanol–water partition coefficient (Wildman–Crippen LogP) is 5.72. The Morgan fingerprint density at radius 1 is 1.00 bits per heavy atom. The van der Waals surface area contributed by atoms with Gasteiger partial charge in [-0.15, -0.1) is 0 Å². The van der Waals surface area contributed by atoms with Crippen molar-refractivity contribution in [2.24, 2.45) is 0 Å². The first-order valence-electron chi connectivity index (χ1n) is 10.2. The highest BCUT2D eigenvalue weighted by atomic mass is 16.5. The van der Waals surface area contributed by atoms with E-state index in [0.717, 1.165) is 27.5 Å². The number of hydrogen-bond donors (Lipinski definition) is 2. The van der Waals surface area contributed by atoms with Crippen molar-refractivity contribution in [1.82, 2.24) is 0 Å². The lowest BCUT2D eigenvalue weighted by Gasteiger charge is -2.11. The molecular formula is C27H23NO4. The van der Waals surface area contributed by atoms with Crippen LogP contribution in [0.3, 0.4) is 0 Å². The molecular weight excluding hydrogens is 402 g/mol. The van der Waals surface area contributed by atoms with Gasteiger partial charge in [-0.05, 0) is 59.0 Å². The maximum atomic E-state index is 12.0. The molecule has 4 aromatic rings. The van der Waals surface area contributed by atoms with Crippen LogP contribution in [0.4, 0.5) is 5.69 Å². The molecule has 0 saturated carbocycles. The van der Waals surface area contributed by atoms with E-state index in [-0.39, 0.29) is 12.4 Å². The number of anilines is 1. The summed E-state index contributed by atoms with van der Waals surface area (Å²) in [7, 11) is 0. The number of ether oxygens (including phenoxy) is 2. The lowest BCUT2D eigenvalue weighted by molar-refractivity contribution is 0.0549. The van der Waals surface area contributed by atoms with E-state index >= 15 is 0 Å². The lowest BCUT2D eigenvalue weighted by Crippen LogP contribution is -2.06. The number of carbonyl (C=O) groups is 1. The van der Waals surface area contributed by atoms with Crippen molar-refractivity contribution < 1.29 is 19.4 Å². The number of aromatic hydroxyl groups is 1. The Morgan fingerprint density at radius 3 is 2.59 bits per heavy atom. The standard InChI is InChI=1S/C27H23NO4/c1-2-14-31-27(30)21-5-3-4-18(15-21)17-32-23-11-13-25-20(16-23)8-12-24(26(25)29)19-6-9-22(28)10-7-19/h2-13,15-16,29H,1,14,17,28H2. The van der Waals surface area contributed by atoms with Crippen LogP contribution in [-0.4, -0.2) is 17.7 Å². The molecule has 5 heteroatoms. The van der Waals surface area contributed by atoms with Crippen LogP contribution >= 0.6 is 0 Å². The van der Waals surface area contributed by atoms with Crippen LogP contribution in [0, 0.1) is 0 Å². The number of phenolic OH excluding ortho intramolecular Hbond substituents is 1. The molecule has 0 saturated heterocycles. The number of esters is 1. The van der Waals surface area contributed by atoms with Crippen LogP contribution in [-0.2, 0) is 11.3 Å². The van der Waals surface area contributed by atoms with Crippen molar-refractivity contribution in [2.75, 3.05) is 12.3 Å². The summed E-state index contributed by atoms with van der Waals surface area (Å²) in [5, 5.41) is 12.4. The third-order valence-electron chi connectivity index (χ3n) is 5.08. The minimum Gasteiger partial charge on any atom is -0.507 e. The second-order valence-electron chi connectivity index (χ2n) is 7.34. The van der Waals surface area contributed by atoms with Gasteiger partial charge in [0.05, 0.1) is 5.56 Å². The third kappa shape index (κ3) is 4.57. The highest BCUT2D eigenvalue weighted by Crippen LogP contribution is 2.37. The lowest BCUT2D eigenvalue weighted by atomic mass is 9.99. The maximum absolute atomic E-state index is 12.0. The fraction of sp³-hybridized carbons (Fsp3) is 0.0741. The van der Waals surface area contributed by atoms with Crippen molar-refractivity contribution >= 4 is 22.4 Å². The van der Waals surface area contributed by atoms with Gasteiger partial charge in [-0.3, -0.25) is 0 Å². The van der Waals surface area contributed by atoms with Gasteiger partial charge < -0.3 is 20.3 Å². The van der Waals surface area contributed by atoms with Crippen molar-refractivity contribution in [1.29, 1.82) is 0 Å². The summed E-state index contributed by atoms with van der Waals surface area (Å²) in [5.74, 6) is 0.478. The number of phenols is 1. The number of hydrogen-bond acceptors (Lipinski definition) is 5. The Bertz CT molecular complexity index is 1280. The molecule has 0 amide bonds. The Morgan fingerprint density at radius 2 is 1.81 bits per heavy atom. The Labute approximate surface area is 186 Å². The average molecular weight is 425 g/mol. The fourth-order valence-corrected chi connectivity index (χ4v) is 3.45. The number of rotatable bonds is 7. The summed E-state index contributed by atoms with van der Waals surface area (Å²) < 4.78 is 11.0. The number of fused-ring (bicyclic) bond motifs is 1. The average Bonchev–Trinajstić information content (AvgIpc) is 2.82. The minimum absolute atomic E-state index is 0.170. The smallest absolute Gasteiger partial charge is 0.338 e. The Balaban J connectivity index is 1.51. The zero-order chi connectivity index (χ0) is 22.5. The summed E-state index contributed by atoms with van der Waals surface area (Å²) >= 11 is 0. The summed E-state index contributed by atoms with van der Waals surface area (Å²) in [4.78, 5) is 12.0. The molecule has 0 heterocycles. The van der Waals surface area contributed by atoms with E-state index in [4.69, 9.17) is 15.2 Å². The van der Waals surface area contributed by atoms with E-state index < -0.39 is 5.97 Å². The molecule has 0 aliphatic heterocycles. The van der Waals surface area contributed by atoms with Crippen molar-refractivity contribution in [3.63, 3.8) is 0 Å². The zero-order valence-corrected chi connectivity index (χ0v) is 17.5. The van der Waals surface area contributed by atoms with E-state index in [1.807, 2.05) is 60.7 Å². The molecule has 4 aromatic carbocycles. The van der Waals surface area contributed by atoms with Gasteiger partial charge in [-0.25, -0.2) is 4.79 Å². The molecule has 5 nitrogen and oxygen atoms in total. The van der Waals surface area contributed by atoms with E-state index in [1.165, 1.54) is 6.08 Å². The van der Waals surface area contributed by atoms with Gasteiger partial charge in [0.15, 0.2) is 0 Å². The summed E-state index contributed by atoms with van der Waals surface area (Å²) in [6.07, 6.45) is 1.53. The molecule has 0 radical (unpaired) electrons. The third-order valence-corrected chi connectivity index (χ3v) is 5.08. The van der Waals surface area contributed by atoms with Crippen LogP contribution < -0.4 is 10.5 Å². The molecule has 3 N–H and O–H groups in total. The SMILES string of the molecule is C=CCOC(=O)c1cccc(COc2ccc3c(O)c(-c4ccc(N)cc4)ccc3c2)c1. The monoisotopic (exact) mass is 425 g/mol. The van der Waals surface area contributed by atoms with Crippen LogP contribution in [0.25, 0.3) is 21.9 Å². The van der Waals surface area contributed by atoms with Crippen LogP contribution in [0.1, 0.15) is 15.9 Å². The largest absolute Gasteiger partial charge is 0.507 e. The summed E-state index contributed by atoms with van der Waals surface area (Å²) in [6, 6.07) is 23.9. The molecule has 160 valence electrons. The molecule has 32 heavy (non-hydrogen) atoms. The van der Waals surface area contributed by atoms with E-state index in [1.54, 1.807) is 18.2 Å². The second kappa shape index (κ2) is 9.27. The number of nitrogen functional groups attached to an aromatic ring is 1. The summed E-state index contributed by atoms with van der Waals surface area (Å²) in [5.41, 5.74) is 9.38. The van der Waals surface area contributed by atoms with Gasteiger partial charge in [-0.2, -0.15) is 0 Å². The Kier molecular flexibility index (Phi) is 6.08. The zero-order valence-electron chi connectivity index (χ0n) is 17.5. The van der Waals surface area contributed by atoms with Crippen LogP contribution in [0.5, 0.6) is 11.5 Å². The topological polar surface area (TPSA) is 81.8 Å².